The molecule has 0 radical (unpaired) electrons. The molecule has 0 amide bonds. The second kappa shape index (κ2) is 4.78. The molecule has 0 aliphatic heterocycles. The molecule has 0 unspecified atom stereocenters. The van der Waals surface area contributed by atoms with Crippen LogP contribution in [0.3, 0.4) is 0 Å². The monoisotopic (exact) mass is 232 g/mol. The molecule has 0 saturated carbocycles. The highest BCUT2D eigenvalue weighted by molar-refractivity contribution is 5.41. The molecule has 5 heteroatoms. The first-order valence-corrected chi connectivity index (χ1v) is 5.20. The predicted molar refractivity (Wildman–Crippen MR) is 65.0 cm³/mol. The highest BCUT2D eigenvalue weighted by Gasteiger charge is 2.07. The minimum atomic E-state index is -0.221. The van der Waals surface area contributed by atoms with Gasteiger partial charge in [-0.05, 0) is 12.1 Å². The third-order valence-electron chi connectivity index (χ3n) is 2.42. The molecule has 88 valence electrons. The maximum Gasteiger partial charge on any atom is 0.221 e. The van der Waals surface area contributed by atoms with Crippen LogP contribution in [0, 0.1) is 5.82 Å². The van der Waals surface area contributed by atoms with E-state index in [4.69, 9.17) is 5.73 Å². The lowest BCUT2D eigenvalue weighted by Crippen LogP contribution is -2.19. The van der Waals surface area contributed by atoms with E-state index in [0.717, 1.165) is 0 Å². The molecule has 1 aromatic carbocycles. The van der Waals surface area contributed by atoms with Crippen molar-refractivity contribution in [2.75, 3.05) is 17.7 Å². The van der Waals surface area contributed by atoms with Crippen LogP contribution in [0.25, 0.3) is 0 Å². The number of hydrogen-bond acceptors (Lipinski definition) is 4. The Morgan fingerprint density at radius 2 is 2.06 bits per heavy atom. The summed E-state index contributed by atoms with van der Waals surface area (Å²) in [5.41, 5.74) is 6.11. The summed E-state index contributed by atoms with van der Waals surface area (Å²) in [5.74, 6) is 0.657. The van der Waals surface area contributed by atoms with E-state index in [-0.39, 0.29) is 11.8 Å². The first-order valence-electron chi connectivity index (χ1n) is 5.20. The molecule has 0 fully saturated rings. The molecule has 0 aliphatic carbocycles. The fourth-order valence-corrected chi connectivity index (χ4v) is 1.54. The summed E-state index contributed by atoms with van der Waals surface area (Å²) in [6, 6.07) is 8.40. The van der Waals surface area contributed by atoms with Crippen molar-refractivity contribution in [2.24, 2.45) is 0 Å². The van der Waals surface area contributed by atoms with E-state index in [2.05, 4.69) is 9.97 Å². The van der Waals surface area contributed by atoms with Gasteiger partial charge in [-0.1, -0.05) is 18.2 Å². The maximum atomic E-state index is 13.5. The topological polar surface area (TPSA) is 55.0 Å². The molecule has 0 aliphatic rings. The Morgan fingerprint density at radius 1 is 1.29 bits per heavy atom. The second-order valence-electron chi connectivity index (χ2n) is 3.72. The molecule has 0 spiro atoms. The molecule has 0 saturated heterocycles. The summed E-state index contributed by atoms with van der Waals surface area (Å²) in [6.45, 7) is 0.434. The van der Waals surface area contributed by atoms with Crippen LogP contribution in [0.1, 0.15) is 5.56 Å². The van der Waals surface area contributed by atoms with E-state index < -0.39 is 0 Å². The van der Waals surface area contributed by atoms with E-state index >= 15 is 0 Å². The Kier molecular flexibility index (Phi) is 3.18. The van der Waals surface area contributed by atoms with E-state index in [0.29, 0.717) is 17.9 Å². The van der Waals surface area contributed by atoms with Gasteiger partial charge in [0.25, 0.3) is 0 Å². The van der Waals surface area contributed by atoms with Crippen LogP contribution in [0.2, 0.25) is 0 Å². The van der Waals surface area contributed by atoms with Gasteiger partial charge in [-0.25, -0.2) is 9.37 Å². The quantitative estimate of drug-likeness (QED) is 0.877. The van der Waals surface area contributed by atoms with Crippen molar-refractivity contribution in [1.29, 1.82) is 0 Å². The van der Waals surface area contributed by atoms with Crippen LogP contribution >= 0.6 is 0 Å². The summed E-state index contributed by atoms with van der Waals surface area (Å²) in [5, 5.41) is 0. The van der Waals surface area contributed by atoms with Crippen molar-refractivity contribution >= 4 is 11.8 Å². The lowest BCUT2D eigenvalue weighted by atomic mass is 10.2. The fraction of sp³-hybridized carbons (Fsp3) is 0.167. The zero-order valence-corrected chi connectivity index (χ0v) is 9.47. The van der Waals surface area contributed by atoms with Gasteiger partial charge in [-0.3, -0.25) is 0 Å². The third kappa shape index (κ3) is 2.69. The van der Waals surface area contributed by atoms with Gasteiger partial charge in [-0.15, -0.1) is 0 Å². The van der Waals surface area contributed by atoms with Crippen molar-refractivity contribution in [3.63, 3.8) is 0 Å². The number of nitrogen functional groups attached to an aromatic ring is 1. The summed E-state index contributed by atoms with van der Waals surface area (Å²) < 4.78 is 13.5. The first kappa shape index (κ1) is 11.3. The summed E-state index contributed by atoms with van der Waals surface area (Å²) >= 11 is 0. The van der Waals surface area contributed by atoms with Gasteiger partial charge < -0.3 is 10.6 Å². The fourth-order valence-electron chi connectivity index (χ4n) is 1.54. The van der Waals surface area contributed by atoms with Gasteiger partial charge in [0, 0.05) is 25.4 Å². The van der Waals surface area contributed by atoms with E-state index in [9.17, 15) is 4.39 Å². The average Bonchev–Trinajstić information content (AvgIpc) is 2.32. The lowest BCUT2D eigenvalue weighted by Gasteiger charge is -2.18. The molecule has 2 aromatic rings. The van der Waals surface area contributed by atoms with Crippen molar-refractivity contribution in [2.45, 2.75) is 6.54 Å². The van der Waals surface area contributed by atoms with E-state index in [1.807, 2.05) is 11.9 Å². The van der Waals surface area contributed by atoms with E-state index in [1.165, 1.54) is 6.07 Å². The smallest absolute Gasteiger partial charge is 0.221 e. The van der Waals surface area contributed by atoms with Gasteiger partial charge >= 0.3 is 0 Å². The normalized spacial score (nSPS) is 10.2. The first-order chi connectivity index (χ1) is 8.16. The van der Waals surface area contributed by atoms with Gasteiger partial charge in [-0.2, -0.15) is 4.98 Å². The van der Waals surface area contributed by atoms with Crippen molar-refractivity contribution in [3.8, 4) is 0 Å². The number of aromatic nitrogens is 2. The zero-order chi connectivity index (χ0) is 12.3. The van der Waals surface area contributed by atoms with Gasteiger partial charge in [0.05, 0.1) is 0 Å². The van der Waals surface area contributed by atoms with Crippen LogP contribution in [-0.2, 0) is 6.54 Å². The Hall–Kier alpha value is -2.17. The number of nitrogens with two attached hydrogens (primary N) is 1. The van der Waals surface area contributed by atoms with Crippen molar-refractivity contribution < 1.29 is 4.39 Å². The number of rotatable bonds is 3. The molecule has 2 rings (SSSR count). The maximum absolute atomic E-state index is 13.5. The molecule has 2 N–H and O–H groups in total. The van der Waals surface area contributed by atoms with Crippen LogP contribution in [-0.4, -0.2) is 17.0 Å². The second-order valence-corrected chi connectivity index (χ2v) is 3.72. The number of halogens is 1. The van der Waals surface area contributed by atoms with Crippen LogP contribution in [0.4, 0.5) is 16.2 Å². The molecule has 0 bridgehead atoms. The molecule has 4 nitrogen and oxygen atoms in total. The Balaban J connectivity index is 2.17. The van der Waals surface area contributed by atoms with Crippen molar-refractivity contribution in [3.05, 3.63) is 47.9 Å². The number of anilines is 2. The minimum Gasteiger partial charge on any atom is -0.368 e. The average molecular weight is 232 g/mol. The SMILES string of the molecule is CN(Cc1ccccc1F)c1ccnc(N)n1. The molecule has 0 atom stereocenters. The Morgan fingerprint density at radius 3 is 2.76 bits per heavy atom. The highest BCUT2D eigenvalue weighted by Crippen LogP contribution is 2.14. The van der Waals surface area contributed by atoms with Gasteiger partial charge in [0.1, 0.15) is 11.6 Å². The largest absolute Gasteiger partial charge is 0.368 e. The van der Waals surface area contributed by atoms with Crippen molar-refractivity contribution in [1.82, 2.24) is 9.97 Å². The number of hydrogen-bond donors (Lipinski definition) is 1. The molecule has 1 heterocycles. The van der Waals surface area contributed by atoms with Gasteiger partial charge in [0.15, 0.2) is 0 Å². The Bertz CT molecular complexity index is 515. The predicted octanol–water partition coefficient (Wildman–Crippen LogP) is 1.83. The summed E-state index contributed by atoms with van der Waals surface area (Å²) in [7, 11) is 1.83. The van der Waals surface area contributed by atoms with Crippen LogP contribution < -0.4 is 10.6 Å². The summed E-state index contributed by atoms with van der Waals surface area (Å²) in [4.78, 5) is 9.70. The minimum absolute atomic E-state index is 0.211. The molecular formula is C12H13FN4. The lowest BCUT2D eigenvalue weighted by molar-refractivity contribution is 0.607. The Labute approximate surface area is 98.9 Å². The summed E-state index contributed by atoms with van der Waals surface area (Å²) in [6.07, 6.45) is 1.58. The number of nitrogens with zero attached hydrogens (tertiary/aromatic N) is 3. The molecule has 17 heavy (non-hydrogen) atoms. The van der Waals surface area contributed by atoms with Crippen LogP contribution in [0.5, 0.6) is 0 Å². The zero-order valence-electron chi connectivity index (χ0n) is 9.47. The van der Waals surface area contributed by atoms with Crippen LogP contribution in [0.15, 0.2) is 36.5 Å². The van der Waals surface area contributed by atoms with E-state index in [1.54, 1.807) is 30.5 Å². The number of benzene rings is 1. The standard InChI is InChI=1S/C12H13FN4/c1-17(11-6-7-15-12(14)16-11)8-9-4-2-3-5-10(9)13/h2-7H,8H2,1H3,(H2,14,15,16). The van der Waals surface area contributed by atoms with Gasteiger partial charge in [0.2, 0.25) is 5.95 Å². The molecule has 1 aromatic heterocycles. The highest BCUT2D eigenvalue weighted by atomic mass is 19.1. The molecular weight excluding hydrogens is 219 g/mol. The third-order valence-corrected chi connectivity index (χ3v) is 2.42.